The highest BCUT2D eigenvalue weighted by Gasteiger charge is 2.15. The minimum atomic E-state index is 0.339. The number of pyridine rings is 1. The minimum Gasteiger partial charge on any atom is -0.381 e. The molecule has 0 aliphatic carbocycles. The van der Waals surface area contributed by atoms with Crippen molar-refractivity contribution in [3.05, 3.63) is 35.2 Å². The predicted molar refractivity (Wildman–Crippen MR) is 86.8 cm³/mol. The summed E-state index contributed by atoms with van der Waals surface area (Å²) in [5, 5.41) is 7.01. The lowest BCUT2D eigenvalue weighted by molar-refractivity contribution is 0.0903. The molecule has 2 aromatic rings. The van der Waals surface area contributed by atoms with Crippen LogP contribution in [0.3, 0.4) is 0 Å². The number of ether oxygens (including phenoxy) is 1. The Labute approximate surface area is 134 Å². The van der Waals surface area contributed by atoms with Gasteiger partial charge in [0.25, 0.3) is 0 Å². The van der Waals surface area contributed by atoms with Crippen LogP contribution in [0.1, 0.15) is 18.5 Å². The van der Waals surface area contributed by atoms with E-state index in [-0.39, 0.29) is 0 Å². The van der Waals surface area contributed by atoms with Crippen molar-refractivity contribution in [1.82, 2.24) is 15.0 Å². The molecule has 2 N–H and O–H groups in total. The van der Waals surface area contributed by atoms with E-state index < -0.39 is 0 Å². The number of hydrogen-bond acceptors (Lipinski definition) is 6. The molecule has 1 aliphatic heterocycles. The van der Waals surface area contributed by atoms with Gasteiger partial charge in [-0.3, -0.25) is 4.98 Å². The number of aryl methyl sites for hydroxylation is 1. The molecule has 0 bridgehead atoms. The lowest BCUT2D eigenvalue weighted by Crippen LogP contribution is -2.28. The third-order valence-electron chi connectivity index (χ3n) is 3.46. The minimum absolute atomic E-state index is 0.339. The molecule has 1 fully saturated rings. The van der Waals surface area contributed by atoms with Gasteiger partial charge >= 0.3 is 0 Å². The Morgan fingerprint density at radius 1 is 1.27 bits per heavy atom. The van der Waals surface area contributed by atoms with Crippen LogP contribution < -0.4 is 10.6 Å². The van der Waals surface area contributed by atoms with Crippen LogP contribution in [0.4, 0.5) is 17.5 Å². The fourth-order valence-electron chi connectivity index (χ4n) is 2.31. The molecule has 0 radical (unpaired) electrons. The number of nitrogens with zero attached hydrogens (tertiary/aromatic N) is 3. The summed E-state index contributed by atoms with van der Waals surface area (Å²) in [6.07, 6.45) is 5.26. The highest BCUT2D eigenvalue weighted by Crippen LogP contribution is 2.24. The van der Waals surface area contributed by atoms with Crippen molar-refractivity contribution >= 4 is 29.1 Å². The molecule has 6 nitrogen and oxygen atoms in total. The number of rotatable bonds is 4. The molecule has 0 amide bonds. The van der Waals surface area contributed by atoms with Crippen LogP contribution in [0.15, 0.2) is 24.5 Å². The van der Waals surface area contributed by atoms with E-state index >= 15 is 0 Å². The summed E-state index contributed by atoms with van der Waals surface area (Å²) in [7, 11) is 0. The van der Waals surface area contributed by atoms with Gasteiger partial charge in [-0.2, -0.15) is 4.98 Å². The molecule has 1 saturated heterocycles. The van der Waals surface area contributed by atoms with E-state index in [0.29, 0.717) is 22.8 Å². The third-order valence-corrected chi connectivity index (χ3v) is 3.73. The second-order valence-corrected chi connectivity index (χ2v) is 5.64. The Kier molecular flexibility index (Phi) is 4.70. The van der Waals surface area contributed by atoms with Crippen molar-refractivity contribution in [1.29, 1.82) is 0 Å². The average Bonchev–Trinajstić information content (AvgIpc) is 2.52. The van der Waals surface area contributed by atoms with Gasteiger partial charge in [0.1, 0.15) is 5.02 Å². The first-order valence-corrected chi connectivity index (χ1v) is 7.65. The number of halogens is 1. The second kappa shape index (κ2) is 6.89. The molecule has 22 heavy (non-hydrogen) atoms. The smallest absolute Gasteiger partial charge is 0.224 e. The number of anilines is 3. The predicted octanol–water partition coefficient (Wildman–Crippen LogP) is 3.17. The van der Waals surface area contributed by atoms with Crippen LogP contribution in [0, 0.1) is 6.92 Å². The maximum Gasteiger partial charge on any atom is 0.224 e. The van der Waals surface area contributed by atoms with E-state index in [0.717, 1.165) is 37.4 Å². The molecule has 1 aliphatic rings. The van der Waals surface area contributed by atoms with Gasteiger partial charge in [-0.1, -0.05) is 11.6 Å². The molecule has 0 saturated carbocycles. The van der Waals surface area contributed by atoms with Crippen LogP contribution in [-0.2, 0) is 4.74 Å². The molecule has 2 aromatic heterocycles. The highest BCUT2D eigenvalue weighted by molar-refractivity contribution is 6.32. The van der Waals surface area contributed by atoms with Crippen molar-refractivity contribution in [2.75, 3.05) is 23.8 Å². The van der Waals surface area contributed by atoms with E-state index in [1.165, 1.54) is 0 Å². The molecule has 0 unspecified atom stereocenters. The summed E-state index contributed by atoms with van der Waals surface area (Å²) in [5.41, 5.74) is 1.82. The van der Waals surface area contributed by atoms with E-state index in [2.05, 4.69) is 25.6 Å². The third kappa shape index (κ3) is 3.84. The maximum atomic E-state index is 6.18. The molecule has 116 valence electrons. The molecule has 7 heteroatoms. The maximum absolute atomic E-state index is 6.18. The summed E-state index contributed by atoms with van der Waals surface area (Å²) in [6, 6.07) is 4.15. The van der Waals surface area contributed by atoms with E-state index in [4.69, 9.17) is 16.3 Å². The van der Waals surface area contributed by atoms with Gasteiger partial charge in [-0.15, -0.1) is 0 Å². The van der Waals surface area contributed by atoms with Crippen LogP contribution >= 0.6 is 11.6 Å². The van der Waals surface area contributed by atoms with Crippen LogP contribution in [-0.4, -0.2) is 34.2 Å². The van der Waals surface area contributed by atoms with Crippen LogP contribution in [0.25, 0.3) is 0 Å². The second-order valence-electron chi connectivity index (χ2n) is 5.23. The molecular formula is C15H18ClN5O. The van der Waals surface area contributed by atoms with Crippen molar-refractivity contribution < 1.29 is 4.74 Å². The van der Waals surface area contributed by atoms with Crippen molar-refractivity contribution in [3.8, 4) is 0 Å². The summed E-state index contributed by atoms with van der Waals surface area (Å²) in [4.78, 5) is 12.9. The molecular weight excluding hydrogens is 302 g/mol. The van der Waals surface area contributed by atoms with Crippen molar-refractivity contribution in [2.45, 2.75) is 25.8 Å². The summed E-state index contributed by atoms with van der Waals surface area (Å²) >= 11 is 6.18. The lowest BCUT2D eigenvalue weighted by Gasteiger charge is -2.23. The zero-order chi connectivity index (χ0) is 15.4. The van der Waals surface area contributed by atoms with Gasteiger partial charge in [0.2, 0.25) is 5.95 Å². The first-order chi connectivity index (χ1) is 10.7. The Bertz CT molecular complexity index is 646. The van der Waals surface area contributed by atoms with Gasteiger partial charge in [-0.05, 0) is 31.9 Å². The topological polar surface area (TPSA) is 72.0 Å². The molecule has 0 aromatic carbocycles. The van der Waals surface area contributed by atoms with Gasteiger partial charge in [0, 0.05) is 36.8 Å². The van der Waals surface area contributed by atoms with Gasteiger partial charge in [0.15, 0.2) is 5.82 Å². The summed E-state index contributed by atoms with van der Waals surface area (Å²) in [5.74, 6) is 1.15. The fraction of sp³-hybridized carbons (Fsp3) is 0.400. The SMILES string of the molecule is Cc1cc(Nc2nc(NC3CCOCC3)ncc2Cl)ccn1. The number of nitrogens with one attached hydrogen (secondary N) is 2. The zero-order valence-corrected chi connectivity index (χ0v) is 13.1. The van der Waals surface area contributed by atoms with E-state index in [9.17, 15) is 0 Å². The molecule has 0 atom stereocenters. The van der Waals surface area contributed by atoms with Crippen molar-refractivity contribution in [2.24, 2.45) is 0 Å². The molecule has 3 rings (SSSR count). The normalized spacial score (nSPS) is 15.5. The van der Waals surface area contributed by atoms with Gasteiger partial charge < -0.3 is 15.4 Å². The molecule has 3 heterocycles. The summed E-state index contributed by atoms with van der Waals surface area (Å²) < 4.78 is 5.35. The first-order valence-electron chi connectivity index (χ1n) is 7.27. The van der Waals surface area contributed by atoms with Gasteiger partial charge in [-0.25, -0.2) is 4.98 Å². The standard InChI is InChI=1S/C15H18ClN5O/c1-10-8-12(2-5-17-10)19-14-13(16)9-18-15(21-14)20-11-3-6-22-7-4-11/h2,5,8-9,11H,3-4,6-7H2,1H3,(H2,17,18,19,20,21). The Balaban J connectivity index is 1.74. The Morgan fingerprint density at radius 3 is 2.86 bits per heavy atom. The monoisotopic (exact) mass is 319 g/mol. The molecule has 0 spiro atoms. The van der Waals surface area contributed by atoms with Crippen LogP contribution in [0.2, 0.25) is 5.02 Å². The van der Waals surface area contributed by atoms with E-state index in [1.54, 1.807) is 12.4 Å². The zero-order valence-electron chi connectivity index (χ0n) is 12.3. The number of hydrogen-bond donors (Lipinski definition) is 2. The van der Waals surface area contributed by atoms with Crippen LogP contribution in [0.5, 0.6) is 0 Å². The quantitative estimate of drug-likeness (QED) is 0.902. The van der Waals surface area contributed by atoms with E-state index in [1.807, 2.05) is 19.1 Å². The fourth-order valence-corrected chi connectivity index (χ4v) is 2.45. The Morgan fingerprint density at radius 2 is 2.09 bits per heavy atom. The summed E-state index contributed by atoms with van der Waals surface area (Å²) in [6.45, 7) is 3.48. The van der Waals surface area contributed by atoms with Gasteiger partial charge in [0.05, 0.1) is 6.20 Å². The van der Waals surface area contributed by atoms with Crippen molar-refractivity contribution in [3.63, 3.8) is 0 Å². The first kappa shape index (κ1) is 15.0. The highest BCUT2D eigenvalue weighted by atomic mass is 35.5. The number of aromatic nitrogens is 3. The lowest BCUT2D eigenvalue weighted by atomic mass is 10.1. The average molecular weight is 320 g/mol. The largest absolute Gasteiger partial charge is 0.381 e. The Hall–Kier alpha value is -1.92.